The molecule has 0 amide bonds. The van der Waals surface area contributed by atoms with Gasteiger partial charge in [0.15, 0.2) is 11.6 Å². The Morgan fingerprint density at radius 1 is 1.33 bits per heavy atom. The van der Waals surface area contributed by atoms with Crippen molar-refractivity contribution in [1.29, 1.82) is 0 Å². The number of H-pyrrole nitrogens is 1. The van der Waals surface area contributed by atoms with E-state index < -0.39 is 17.6 Å². The number of halogens is 2. The Morgan fingerprint density at radius 3 is 2.81 bits per heavy atom. The lowest BCUT2D eigenvalue weighted by Crippen LogP contribution is -2.21. The molecule has 4 rings (SSSR count). The number of nitrogens with zero attached hydrogens (tertiary/aromatic N) is 3. The number of pyridine rings is 1. The number of hydrogen-bond donors (Lipinski definition) is 2. The van der Waals surface area contributed by atoms with E-state index in [4.69, 9.17) is 0 Å². The molecular formula is C19H18F2N4O2. The van der Waals surface area contributed by atoms with Crippen LogP contribution in [0.4, 0.5) is 8.78 Å². The second-order valence-electron chi connectivity index (χ2n) is 7.39. The van der Waals surface area contributed by atoms with Gasteiger partial charge >= 0.3 is 5.97 Å². The van der Waals surface area contributed by atoms with Gasteiger partial charge in [0.25, 0.3) is 0 Å². The van der Waals surface area contributed by atoms with Crippen molar-refractivity contribution >= 4 is 17.0 Å². The van der Waals surface area contributed by atoms with Gasteiger partial charge in [-0.3, -0.25) is 4.79 Å². The van der Waals surface area contributed by atoms with Gasteiger partial charge in [0.1, 0.15) is 11.5 Å². The maximum atomic E-state index is 14.3. The molecule has 0 spiro atoms. The molecule has 0 bridgehead atoms. The van der Waals surface area contributed by atoms with Crippen molar-refractivity contribution in [3.63, 3.8) is 0 Å². The zero-order chi connectivity index (χ0) is 19.2. The lowest BCUT2D eigenvalue weighted by molar-refractivity contribution is -0.138. The summed E-state index contributed by atoms with van der Waals surface area (Å²) in [4.78, 5) is 26.5. The summed E-state index contributed by atoms with van der Waals surface area (Å²) < 4.78 is 27.9. The highest BCUT2D eigenvalue weighted by Gasteiger charge is 2.45. The van der Waals surface area contributed by atoms with Gasteiger partial charge in [-0.25, -0.2) is 23.7 Å². The Hall–Kier alpha value is -2.90. The largest absolute Gasteiger partial charge is 0.481 e. The smallest absolute Gasteiger partial charge is 0.303 e. The zero-order valence-corrected chi connectivity index (χ0v) is 14.7. The molecule has 8 heteroatoms. The molecular weight excluding hydrogens is 354 g/mol. The summed E-state index contributed by atoms with van der Waals surface area (Å²) in [5, 5.41) is 9.70. The first-order chi connectivity index (χ1) is 12.9. The van der Waals surface area contributed by atoms with Crippen LogP contribution in [-0.4, -0.2) is 31.0 Å². The van der Waals surface area contributed by atoms with Gasteiger partial charge < -0.3 is 10.1 Å². The van der Waals surface area contributed by atoms with E-state index >= 15 is 0 Å². The summed E-state index contributed by atoms with van der Waals surface area (Å²) in [6.07, 6.45) is 5.83. The summed E-state index contributed by atoms with van der Waals surface area (Å²) in [6.45, 7) is 2.02. The van der Waals surface area contributed by atoms with E-state index in [-0.39, 0.29) is 35.7 Å². The standard InChI is InChI=1S/C19H18F2N4O2/c1-19(2-3-19)10(5-16(26)27)4-15-14(21)9-24-18(25-15)13-8-23-17-12(13)6-11(20)7-22-17/h6-10H,2-5H2,1H3,(H,22,23)(H,26,27). The van der Waals surface area contributed by atoms with Gasteiger partial charge in [-0.1, -0.05) is 6.92 Å². The van der Waals surface area contributed by atoms with Crippen LogP contribution in [0.1, 0.15) is 31.9 Å². The van der Waals surface area contributed by atoms with Gasteiger partial charge in [0, 0.05) is 23.6 Å². The van der Waals surface area contributed by atoms with Crippen LogP contribution in [0.5, 0.6) is 0 Å². The van der Waals surface area contributed by atoms with Crippen molar-refractivity contribution in [2.24, 2.45) is 11.3 Å². The molecule has 1 unspecified atom stereocenters. The number of aromatic nitrogens is 4. The van der Waals surface area contributed by atoms with Gasteiger partial charge in [-0.2, -0.15) is 0 Å². The molecule has 0 aliphatic heterocycles. The van der Waals surface area contributed by atoms with Crippen LogP contribution >= 0.6 is 0 Å². The second kappa shape index (κ2) is 6.37. The number of carbonyl (C=O) groups is 1. The third-order valence-corrected chi connectivity index (χ3v) is 5.44. The van der Waals surface area contributed by atoms with Gasteiger partial charge in [0.05, 0.1) is 18.1 Å². The van der Waals surface area contributed by atoms with E-state index in [1.807, 2.05) is 6.92 Å². The molecule has 1 saturated carbocycles. The van der Waals surface area contributed by atoms with Crippen molar-refractivity contribution in [3.8, 4) is 11.4 Å². The van der Waals surface area contributed by atoms with Crippen LogP contribution in [0.15, 0.2) is 24.7 Å². The van der Waals surface area contributed by atoms with Crippen LogP contribution in [0, 0.1) is 23.0 Å². The molecule has 1 fully saturated rings. The van der Waals surface area contributed by atoms with Crippen LogP contribution in [0.2, 0.25) is 0 Å². The Kier molecular flexibility index (Phi) is 4.13. The predicted octanol–water partition coefficient (Wildman–Crippen LogP) is 3.73. The molecule has 6 nitrogen and oxygen atoms in total. The first-order valence-corrected chi connectivity index (χ1v) is 8.72. The highest BCUT2D eigenvalue weighted by molar-refractivity contribution is 5.91. The van der Waals surface area contributed by atoms with E-state index in [0.717, 1.165) is 25.2 Å². The van der Waals surface area contributed by atoms with E-state index in [9.17, 15) is 18.7 Å². The molecule has 3 aromatic heterocycles. The van der Waals surface area contributed by atoms with Crippen LogP contribution in [0.25, 0.3) is 22.4 Å². The Labute approximate surface area is 153 Å². The molecule has 3 aromatic rings. The van der Waals surface area contributed by atoms with Crippen LogP contribution in [0.3, 0.4) is 0 Å². The Bertz CT molecular complexity index is 1030. The molecule has 0 saturated heterocycles. The number of aromatic amines is 1. The lowest BCUT2D eigenvalue weighted by atomic mass is 9.84. The minimum atomic E-state index is -0.902. The highest BCUT2D eigenvalue weighted by atomic mass is 19.1. The summed E-state index contributed by atoms with van der Waals surface area (Å²) in [7, 11) is 0. The molecule has 140 valence electrons. The summed E-state index contributed by atoms with van der Waals surface area (Å²) in [5.41, 5.74) is 1.09. The van der Waals surface area contributed by atoms with Gasteiger partial charge in [-0.05, 0) is 36.7 Å². The van der Waals surface area contributed by atoms with E-state index in [0.29, 0.717) is 16.6 Å². The SMILES string of the molecule is CC1(C(CC(=O)O)Cc2nc(-c3c[nH]c4ncc(F)cc34)ncc2F)CC1. The van der Waals surface area contributed by atoms with Crippen LogP contribution in [-0.2, 0) is 11.2 Å². The number of hydrogen-bond acceptors (Lipinski definition) is 4. The summed E-state index contributed by atoms with van der Waals surface area (Å²) in [6, 6.07) is 1.32. The third kappa shape index (κ3) is 3.39. The average Bonchev–Trinajstić information content (AvgIpc) is 3.23. The highest BCUT2D eigenvalue weighted by Crippen LogP contribution is 2.53. The van der Waals surface area contributed by atoms with Crippen molar-refractivity contribution < 1.29 is 18.7 Å². The number of carboxylic acids is 1. The minimum absolute atomic E-state index is 0.0303. The molecule has 1 atom stereocenters. The topological polar surface area (TPSA) is 91.8 Å². The lowest BCUT2D eigenvalue weighted by Gasteiger charge is -2.21. The maximum absolute atomic E-state index is 14.3. The van der Waals surface area contributed by atoms with Gasteiger partial charge in [-0.15, -0.1) is 0 Å². The van der Waals surface area contributed by atoms with Crippen molar-refractivity contribution in [1.82, 2.24) is 19.9 Å². The maximum Gasteiger partial charge on any atom is 0.303 e. The van der Waals surface area contributed by atoms with Crippen molar-refractivity contribution in [2.75, 3.05) is 0 Å². The molecule has 3 heterocycles. The number of aliphatic carboxylic acids is 1. The predicted molar refractivity (Wildman–Crippen MR) is 93.8 cm³/mol. The van der Waals surface area contributed by atoms with E-state index in [1.54, 1.807) is 6.20 Å². The zero-order valence-electron chi connectivity index (χ0n) is 14.7. The fraction of sp³-hybridized carbons (Fsp3) is 0.368. The molecule has 27 heavy (non-hydrogen) atoms. The fourth-order valence-electron chi connectivity index (χ4n) is 3.45. The number of carboxylic acid groups (broad SMARTS) is 1. The Morgan fingerprint density at radius 2 is 2.11 bits per heavy atom. The van der Waals surface area contributed by atoms with Crippen molar-refractivity contribution in [3.05, 3.63) is 42.0 Å². The van der Waals surface area contributed by atoms with Crippen molar-refractivity contribution in [2.45, 2.75) is 32.6 Å². The third-order valence-electron chi connectivity index (χ3n) is 5.44. The average molecular weight is 372 g/mol. The summed E-state index contributed by atoms with van der Waals surface area (Å²) in [5.74, 6) is -1.91. The molecule has 2 N–H and O–H groups in total. The number of fused-ring (bicyclic) bond motifs is 1. The number of nitrogens with one attached hydrogen (secondary N) is 1. The fourth-order valence-corrected chi connectivity index (χ4v) is 3.45. The molecule has 1 aliphatic carbocycles. The monoisotopic (exact) mass is 372 g/mol. The van der Waals surface area contributed by atoms with E-state index in [2.05, 4.69) is 19.9 Å². The summed E-state index contributed by atoms with van der Waals surface area (Å²) >= 11 is 0. The van der Waals surface area contributed by atoms with E-state index in [1.165, 1.54) is 6.07 Å². The molecule has 0 radical (unpaired) electrons. The Balaban J connectivity index is 1.70. The first kappa shape index (κ1) is 17.5. The molecule has 1 aliphatic rings. The normalized spacial score (nSPS) is 16.4. The quantitative estimate of drug-likeness (QED) is 0.688. The van der Waals surface area contributed by atoms with Crippen LogP contribution < -0.4 is 0 Å². The first-order valence-electron chi connectivity index (χ1n) is 8.72. The minimum Gasteiger partial charge on any atom is -0.481 e. The molecule has 0 aromatic carbocycles. The number of rotatable bonds is 6. The van der Waals surface area contributed by atoms with Gasteiger partial charge in [0.2, 0.25) is 0 Å². The second-order valence-corrected chi connectivity index (χ2v) is 7.39.